The molecule has 3 rings (SSSR count). The van der Waals surface area contributed by atoms with Crippen LogP contribution in [0.2, 0.25) is 0 Å². The van der Waals surface area contributed by atoms with E-state index in [0.717, 1.165) is 15.9 Å². The maximum atomic E-state index is 12.4. The largest absolute Gasteiger partial charge is 0.496 e. The van der Waals surface area contributed by atoms with E-state index in [-0.39, 0.29) is 5.78 Å². The SMILES string of the molecule is COc1ccccc1C(=O)CSc1cc(C)c2ccccc2n1. The lowest BCUT2D eigenvalue weighted by Crippen LogP contribution is -2.05. The topological polar surface area (TPSA) is 39.2 Å². The van der Waals surface area contributed by atoms with Gasteiger partial charge in [-0.05, 0) is 36.8 Å². The lowest BCUT2D eigenvalue weighted by molar-refractivity contribution is 0.101. The van der Waals surface area contributed by atoms with E-state index in [4.69, 9.17) is 4.74 Å². The second kappa shape index (κ2) is 6.84. The van der Waals surface area contributed by atoms with Gasteiger partial charge >= 0.3 is 0 Å². The third-order valence-corrected chi connectivity index (χ3v) is 4.57. The molecule has 3 nitrogen and oxygen atoms in total. The van der Waals surface area contributed by atoms with Crippen LogP contribution in [-0.2, 0) is 0 Å². The van der Waals surface area contributed by atoms with E-state index in [1.54, 1.807) is 19.2 Å². The number of Topliss-reactive ketones (excluding diaryl/α,β-unsaturated/α-hetero) is 1. The molecule has 0 amide bonds. The van der Waals surface area contributed by atoms with Crippen LogP contribution in [0.5, 0.6) is 5.75 Å². The number of thioether (sulfide) groups is 1. The van der Waals surface area contributed by atoms with Gasteiger partial charge in [0.05, 0.1) is 29.0 Å². The van der Waals surface area contributed by atoms with Gasteiger partial charge < -0.3 is 4.74 Å². The van der Waals surface area contributed by atoms with Gasteiger partial charge in [-0.25, -0.2) is 4.98 Å². The van der Waals surface area contributed by atoms with Crippen LogP contribution in [0.4, 0.5) is 0 Å². The first-order valence-electron chi connectivity index (χ1n) is 7.34. The van der Waals surface area contributed by atoms with Gasteiger partial charge in [0.1, 0.15) is 5.75 Å². The average molecular weight is 323 g/mol. The highest BCUT2D eigenvalue weighted by molar-refractivity contribution is 7.99. The summed E-state index contributed by atoms with van der Waals surface area (Å²) in [5, 5.41) is 2.01. The van der Waals surface area contributed by atoms with Crippen LogP contribution in [0.1, 0.15) is 15.9 Å². The number of hydrogen-bond acceptors (Lipinski definition) is 4. The van der Waals surface area contributed by atoms with Crippen molar-refractivity contribution >= 4 is 28.4 Å². The number of nitrogens with zero attached hydrogens (tertiary/aromatic N) is 1. The lowest BCUT2D eigenvalue weighted by atomic mass is 10.1. The number of fused-ring (bicyclic) bond motifs is 1. The normalized spacial score (nSPS) is 10.7. The molecule has 0 atom stereocenters. The van der Waals surface area contributed by atoms with Crippen molar-refractivity contribution in [2.45, 2.75) is 11.9 Å². The molecule has 3 aromatic rings. The summed E-state index contributed by atoms with van der Waals surface area (Å²) in [6, 6.07) is 17.4. The molecule has 23 heavy (non-hydrogen) atoms. The summed E-state index contributed by atoms with van der Waals surface area (Å²) in [4.78, 5) is 17.0. The van der Waals surface area contributed by atoms with Gasteiger partial charge in [0.2, 0.25) is 0 Å². The number of aryl methyl sites for hydroxylation is 1. The number of para-hydroxylation sites is 2. The Morgan fingerprint density at radius 3 is 2.70 bits per heavy atom. The molecule has 0 aliphatic carbocycles. The zero-order chi connectivity index (χ0) is 16.2. The Balaban J connectivity index is 1.79. The minimum absolute atomic E-state index is 0.0417. The van der Waals surface area contributed by atoms with Crippen LogP contribution in [0.3, 0.4) is 0 Å². The fourth-order valence-electron chi connectivity index (χ4n) is 2.48. The first-order valence-corrected chi connectivity index (χ1v) is 8.33. The number of carbonyl (C=O) groups is 1. The lowest BCUT2D eigenvalue weighted by Gasteiger charge is -2.08. The summed E-state index contributed by atoms with van der Waals surface area (Å²) in [6.07, 6.45) is 0. The molecule has 0 bridgehead atoms. The highest BCUT2D eigenvalue weighted by Gasteiger charge is 2.12. The smallest absolute Gasteiger partial charge is 0.176 e. The predicted molar refractivity (Wildman–Crippen MR) is 94.5 cm³/mol. The molecule has 116 valence electrons. The fraction of sp³-hybridized carbons (Fsp3) is 0.158. The molecule has 0 aliphatic rings. The minimum Gasteiger partial charge on any atom is -0.496 e. The standard InChI is InChI=1S/C19H17NO2S/c1-13-11-19(20-16-9-5-3-7-14(13)16)23-12-17(21)15-8-4-6-10-18(15)22-2/h3-11H,12H2,1-2H3. The summed E-state index contributed by atoms with van der Waals surface area (Å²) < 4.78 is 5.25. The summed E-state index contributed by atoms with van der Waals surface area (Å²) in [5.41, 5.74) is 2.74. The van der Waals surface area contributed by atoms with E-state index in [1.807, 2.05) is 36.4 Å². The third kappa shape index (κ3) is 3.37. The molecule has 0 saturated heterocycles. The van der Waals surface area contributed by atoms with Crippen LogP contribution < -0.4 is 4.74 Å². The number of hydrogen-bond donors (Lipinski definition) is 0. The first-order chi connectivity index (χ1) is 11.2. The van der Waals surface area contributed by atoms with Crippen molar-refractivity contribution in [1.29, 1.82) is 0 Å². The number of carbonyl (C=O) groups excluding carboxylic acids is 1. The number of rotatable bonds is 5. The summed E-state index contributed by atoms with van der Waals surface area (Å²) in [6.45, 7) is 2.07. The molecule has 0 fully saturated rings. The Morgan fingerprint density at radius 1 is 1.13 bits per heavy atom. The molecule has 2 aromatic carbocycles. The van der Waals surface area contributed by atoms with Crippen molar-refractivity contribution < 1.29 is 9.53 Å². The van der Waals surface area contributed by atoms with E-state index in [0.29, 0.717) is 17.1 Å². The number of methoxy groups -OCH3 is 1. The molecule has 0 N–H and O–H groups in total. The Kier molecular flexibility index (Phi) is 4.63. The van der Waals surface area contributed by atoms with Crippen molar-refractivity contribution in [1.82, 2.24) is 4.98 Å². The molecule has 0 saturated carbocycles. The third-order valence-electron chi connectivity index (χ3n) is 3.66. The van der Waals surface area contributed by atoms with Gasteiger partial charge in [-0.2, -0.15) is 0 Å². The number of ketones is 1. The molecule has 0 unspecified atom stereocenters. The van der Waals surface area contributed by atoms with Crippen molar-refractivity contribution in [2.75, 3.05) is 12.9 Å². The van der Waals surface area contributed by atoms with E-state index in [9.17, 15) is 4.79 Å². The molecule has 1 aromatic heterocycles. The van der Waals surface area contributed by atoms with Crippen LogP contribution in [0.15, 0.2) is 59.6 Å². The molecule has 0 aliphatic heterocycles. The first kappa shape index (κ1) is 15.6. The second-order valence-corrected chi connectivity index (χ2v) is 6.20. The van der Waals surface area contributed by atoms with Gasteiger partial charge in [0, 0.05) is 5.39 Å². The van der Waals surface area contributed by atoms with E-state index >= 15 is 0 Å². The Labute approximate surface area is 139 Å². The van der Waals surface area contributed by atoms with Gasteiger partial charge in [-0.1, -0.05) is 42.1 Å². The van der Waals surface area contributed by atoms with Crippen molar-refractivity contribution in [3.63, 3.8) is 0 Å². The second-order valence-electron chi connectivity index (χ2n) is 5.21. The number of ether oxygens (including phenoxy) is 1. The van der Waals surface area contributed by atoms with Gasteiger partial charge in [0.25, 0.3) is 0 Å². The van der Waals surface area contributed by atoms with Crippen molar-refractivity contribution in [3.8, 4) is 5.75 Å². The quantitative estimate of drug-likeness (QED) is 0.511. The zero-order valence-corrected chi connectivity index (χ0v) is 13.9. The number of aromatic nitrogens is 1. The highest BCUT2D eigenvalue weighted by atomic mass is 32.2. The van der Waals surface area contributed by atoms with E-state index in [1.165, 1.54) is 17.3 Å². The average Bonchev–Trinajstić information content (AvgIpc) is 2.59. The van der Waals surface area contributed by atoms with Crippen molar-refractivity contribution in [3.05, 3.63) is 65.7 Å². The van der Waals surface area contributed by atoms with Crippen molar-refractivity contribution in [2.24, 2.45) is 0 Å². The summed E-state index contributed by atoms with van der Waals surface area (Å²) in [7, 11) is 1.58. The number of pyridine rings is 1. The maximum absolute atomic E-state index is 12.4. The molecular weight excluding hydrogens is 306 g/mol. The van der Waals surface area contributed by atoms with E-state index in [2.05, 4.69) is 18.0 Å². The molecule has 0 spiro atoms. The van der Waals surface area contributed by atoms with Gasteiger partial charge in [-0.15, -0.1) is 0 Å². The van der Waals surface area contributed by atoms with Crippen LogP contribution in [-0.4, -0.2) is 23.6 Å². The van der Waals surface area contributed by atoms with Gasteiger partial charge in [-0.3, -0.25) is 4.79 Å². The Morgan fingerprint density at radius 2 is 1.87 bits per heavy atom. The van der Waals surface area contributed by atoms with Crippen LogP contribution in [0.25, 0.3) is 10.9 Å². The molecular formula is C19H17NO2S. The van der Waals surface area contributed by atoms with Crippen LogP contribution in [0, 0.1) is 6.92 Å². The van der Waals surface area contributed by atoms with Gasteiger partial charge in [0.15, 0.2) is 5.78 Å². The summed E-state index contributed by atoms with van der Waals surface area (Å²) >= 11 is 1.46. The molecule has 4 heteroatoms. The summed E-state index contributed by atoms with van der Waals surface area (Å²) in [5.74, 6) is 0.992. The predicted octanol–water partition coefficient (Wildman–Crippen LogP) is 4.53. The monoisotopic (exact) mass is 323 g/mol. The molecule has 0 radical (unpaired) electrons. The Bertz CT molecular complexity index is 861. The fourth-order valence-corrected chi connectivity index (χ4v) is 3.34. The van der Waals surface area contributed by atoms with E-state index < -0.39 is 0 Å². The highest BCUT2D eigenvalue weighted by Crippen LogP contribution is 2.25. The Hall–Kier alpha value is -2.33. The molecule has 1 heterocycles. The minimum atomic E-state index is 0.0417. The van der Waals surface area contributed by atoms with Crippen LogP contribution >= 0.6 is 11.8 Å². The zero-order valence-electron chi connectivity index (χ0n) is 13.1. The maximum Gasteiger partial charge on any atom is 0.176 e. The number of benzene rings is 2.